The van der Waals surface area contributed by atoms with Gasteiger partial charge in [-0.25, -0.2) is 0 Å². The van der Waals surface area contributed by atoms with Crippen LogP contribution in [0.15, 0.2) is 42.7 Å². The minimum Gasteiger partial charge on any atom is -0.352 e. The van der Waals surface area contributed by atoms with E-state index in [0.717, 1.165) is 39.0 Å². The predicted molar refractivity (Wildman–Crippen MR) is 100 cm³/mol. The maximum atomic E-state index is 11.9. The van der Waals surface area contributed by atoms with E-state index in [-0.39, 0.29) is 5.91 Å². The molecule has 0 saturated carbocycles. The van der Waals surface area contributed by atoms with Crippen LogP contribution in [0.3, 0.4) is 0 Å². The molecule has 2 aromatic rings. The first kappa shape index (κ1) is 17.6. The van der Waals surface area contributed by atoms with Crippen molar-refractivity contribution in [1.29, 1.82) is 0 Å². The quantitative estimate of drug-likeness (QED) is 0.747. The van der Waals surface area contributed by atoms with Gasteiger partial charge in [-0.05, 0) is 49.6 Å². The topological polar surface area (TPSA) is 45.2 Å². The number of aryl methyl sites for hydroxylation is 1. The highest BCUT2D eigenvalue weighted by Gasteiger charge is 2.17. The Balaban J connectivity index is 1.25. The second kappa shape index (κ2) is 8.77. The fourth-order valence-corrected chi connectivity index (χ4v) is 3.37. The molecule has 4 heteroatoms. The minimum absolute atomic E-state index is 0.0294. The molecule has 0 spiro atoms. The van der Waals surface area contributed by atoms with Gasteiger partial charge in [-0.15, -0.1) is 0 Å². The summed E-state index contributed by atoms with van der Waals surface area (Å²) in [6.07, 6.45) is 7.92. The average Bonchev–Trinajstić information content (AvgIpc) is 3.03. The zero-order valence-corrected chi connectivity index (χ0v) is 15.0. The zero-order valence-electron chi connectivity index (χ0n) is 15.0. The highest BCUT2D eigenvalue weighted by molar-refractivity contribution is 5.93. The Kier molecular flexibility index (Phi) is 6.18. The van der Waals surface area contributed by atoms with Gasteiger partial charge in [0.25, 0.3) is 5.91 Å². The minimum atomic E-state index is -0.0294. The van der Waals surface area contributed by atoms with Gasteiger partial charge in [0, 0.05) is 32.0 Å². The average molecular weight is 337 g/mol. The normalized spacial score (nSPS) is 13.6. The summed E-state index contributed by atoms with van der Waals surface area (Å²) in [5.41, 5.74) is 4.97. The monoisotopic (exact) mass is 337 g/mol. The number of hydrogen-bond acceptors (Lipinski definition) is 3. The van der Waals surface area contributed by atoms with Crippen molar-refractivity contribution in [3.05, 3.63) is 65.0 Å². The molecule has 1 aromatic carbocycles. The van der Waals surface area contributed by atoms with Gasteiger partial charge >= 0.3 is 0 Å². The Morgan fingerprint density at radius 1 is 1.12 bits per heavy atom. The number of unbranched alkanes of at least 4 members (excludes halogenated alkanes) is 3. The van der Waals surface area contributed by atoms with Crippen molar-refractivity contribution in [2.45, 2.75) is 45.7 Å². The molecule has 1 aromatic heterocycles. The molecule has 1 amide bonds. The number of nitrogens with one attached hydrogen (secondary N) is 1. The summed E-state index contributed by atoms with van der Waals surface area (Å²) in [6, 6.07) is 10.4. The zero-order chi connectivity index (χ0) is 17.5. The number of rotatable bonds is 8. The molecule has 132 valence electrons. The number of aromatic nitrogens is 1. The molecule has 2 heterocycles. The first-order valence-electron chi connectivity index (χ1n) is 9.21. The third-order valence-corrected chi connectivity index (χ3v) is 4.76. The number of hydrogen-bond donors (Lipinski definition) is 1. The van der Waals surface area contributed by atoms with E-state index in [0.29, 0.717) is 5.56 Å². The molecule has 4 nitrogen and oxygen atoms in total. The van der Waals surface area contributed by atoms with Gasteiger partial charge in [0.15, 0.2) is 0 Å². The molecule has 0 unspecified atom stereocenters. The number of benzene rings is 1. The van der Waals surface area contributed by atoms with E-state index < -0.39 is 0 Å². The van der Waals surface area contributed by atoms with Gasteiger partial charge in [-0.1, -0.05) is 36.6 Å². The summed E-state index contributed by atoms with van der Waals surface area (Å²) in [5, 5.41) is 2.96. The van der Waals surface area contributed by atoms with Crippen molar-refractivity contribution in [3.63, 3.8) is 0 Å². The van der Waals surface area contributed by atoms with Gasteiger partial charge in [-0.2, -0.15) is 0 Å². The lowest BCUT2D eigenvalue weighted by molar-refractivity contribution is 0.0952. The van der Waals surface area contributed by atoms with Gasteiger partial charge in [0.2, 0.25) is 0 Å². The van der Waals surface area contributed by atoms with Crippen molar-refractivity contribution in [1.82, 2.24) is 15.2 Å². The Morgan fingerprint density at radius 3 is 2.80 bits per heavy atom. The summed E-state index contributed by atoms with van der Waals surface area (Å²) in [6.45, 7) is 6.25. The maximum absolute atomic E-state index is 11.9. The van der Waals surface area contributed by atoms with E-state index in [9.17, 15) is 4.79 Å². The second-order valence-electron chi connectivity index (χ2n) is 6.89. The van der Waals surface area contributed by atoms with Crippen LogP contribution in [0.5, 0.6) is 0 Å². The third kappa shape index (κ3) is 5.13. The van der Waals surface area contributed by atoms with Crippen LogP contribution in [0, 0.1) is 6.92 Å². The smallest absolute Gasteiger partial charge is 0.252 e. The lowest BCUT2D eigenvalue weighted by atomic mass is 10.1. The van der Waals surface area contributed by atoms with Crippen LogP contribution >= 0.6 is 0 Å². The molecule has 1 aliphatic heterocycles. The van der Waals surface area contributed by atoms with E-state index in [1.807, 2.05) is 0 Å². The van der Waals surface area contributed by atoms with Gasteiger partial charge in [-0.3, -0.25) is 14.7 Å². The second-order valence-corrected chi connectivity index (χ2v) is 6.89. The van der Waals surface area contributed by atoms with Gasteiger partial charge < -0.3 is 5.32 Å². The lowest BCUT2D eigenvalue weighted by Gasteiger charge is -2.14. The number of carbonyl (C=O) groups is 1. The lowest BCUT2D eigenvalue weighted by Crippen LogP contribution is -2.24. The molecule has 0 saturated heterocycles. The molecule has 0 fully saturated rings. The van der Waals surface area contributed by atoms with Crippen molar-refractivity contribution in [2.75, 3.05) is 13.1 Å². The molecule has 25 heavy (non-hydrogen) atoms. The summed E-state index contributed by atoms with van der Waals surface area (Å²) >= 11 is 0. The van der Waals surface area contributed by atoms with Crippen LogP contribution < -0.4 is 5.32 Å². The van der Waals surface area contributed by atoms with Crippen molar-refractivity contribution in [3.8, 4) is 0 Å². The third-order valence-electron chi connectivity index (χ3n) is 4.76. The van der Waals surface area contributed by atoms with E-state index in [1.165, 1.54) is 29.5 Å². The molecular weight excluding hydrogens is 310 g/mol. The summed E-state index contributed by atoms with van der Waals surface area (Å²) in [4.78, 5) is 18.4. The molecular formula is C21H27N3O. The van der Waals surface area contributed by atoms with Crippen LogP contribution in [-0.2, 0) is 13.1 Å². The first-order chi connectivity index (χ1) is 12.2. The van der Waals surface area contributed by atoms with E-state index in [4.69, 9.17) is 0 Å². The molecule has 0 bridgehead atoms. The van der Waals surface area contributed by atoms with E-state index in [2.05, 4.69) is 40.3 Å². The fourth-order valence-electron chi connectivity index (χ4n) is 3.37. The summed E-state index contributed by atoms with van der Waals surface area (Å²) in [5.74, 6) is -0.0294. The van der Waals surface area contributed by atoms with Gasteiger partial charge in [0.1, 0.15) is 0 Å². The first-order valence-corrected chi connectivity index (χ1v) is 9.21. The SMILES string of the molecule is Cc1ccc2c(c1)CN(CCCCCCNC(=O)c1cccnc1)C2. The summed E-state index contributed by atoms with van der Waals surface area (Å²) < 4.78 is 0. The van der Waals surface area contributed by atoms with Crippen molar-refractivity contribution >= 4 is 5.91 Å². The number of pyridine rings is 1. The number of fused-ring (bicyclic) bond motifs is 1. The highest BCUT2D eigenvalue weighted by atomic mass is 16.1. The molecule has 0 atom stereocenters. The van der Waals surface area contributed by atoms with Crippen molar-refractivity contribution < 1.29 is 4.79 Å². The highest BCUT2D eigenvalue weighted by Crippen LogP contribution is 2.23. The molecule has 3 rings (SSSR count). The predicted octanol–water partition coefficient (Wildman–Crippen LogP) is 3.70. The standard InChI is InChI=1S/C21H27N3O/c1-17-8-9-19-15-24(16-20(19)13-17)12-5-3-2-4-11-23-21(25)18-7-6-10-22-14-18/h6-10,13-14H,2-5,11-12,15-16H2,1H3,(H,23,25). The van der Waals surface area contributed by atoms with Crippen LogP contribution in [0.1, 0.15) is 52.7 Å². The molecule has 1 aliphatic rings. The molecule has 0 aliphatic carbocycles. The van der Waals surface area contributed by atoms with Gasteiger partial charge in [0.05, 0.1) is 5.56 Å². The van der Waals surface area contributed by atoms with Crippen LogP contribution in [0.4, 0.5) is 0 Å². The Morgan fingerprint density at radius 2 is 1.96 bits per heavy atom. The number of nitrogens with zero attached hydrogens (tertiary/aromatic N) is 2. The van der Waals surface area contributed by atoms with E-state index in [1.54, 1.807) is 24.5 Å². The van der Waals surface area contributed by atoms with Crippen molar-refractivity contribution in [2.24, 2.45) is 0 Å². The summed E-state index contributed by atoms with van der Waals surface area (Å²) in [7, 11) is 0. The Bertz CT molecular complexity index is 700. The Hall–Kier alpha value is -2.20. The fraction of sp³-hybridized carbons (Fsp3) is 0.429. The number of carbonyl (C=O) groups excluding carboxylic acids is 1. The maximum Gasteiger partial charge on any atom is 0.252 e. The molecule has 0 radical (unpaired) electrons. The van der Waals surface area contributed by atoms with E-state index >= 15 is 0 Å². The van der Waals surface area contributed by atoms with Crippen LogP contribution in [0.2, 0.25) is 0 Å². The van der Waals surface area contributed by atoms with Crippen LogP contribution in [0.25, 0.3) is 0 Å². The molecule has 1 N–H and O–H groups in total. The largest absolute Gasteiger partial charge is 0.352 e. The van der Waals surface area contributed by atoms with Crippen LogP contribution in [-0.4, -0.2) is 28.9 Å². The Labute approximate surface area is 150 Å². The number of amides is 1.